The normalized spacial score (nSPS) is 13.8. The summed E-state index contributed by atoms with van der Waals surface area (Å²) >= 11 is 0. The van der Waals surface area contributed by atoms with Crippen molar-refractivity contribution < 1.29 is 21.6 Å². The lowest BCUT2D eigenvalue weighted by atomic mass is 9.98. The second-order valence-electron chi connectivity index (χ2n) is 6.90. The second-order valence-corrected chi connectivity index (χ2v) is 8.85. The molecule has 150 valence electrons. The van der Waals surface area contributed by atoms with Crippen molar-refractivity contribution in [3.8, 4) is 0 Å². The van der Waals surface area contributed by atoms with Gasteiger partial charge < -0.3 is 10.3 Å². The van der Waals surface area contributed by atoms with Crippen molar-refractivity contribution in [3.63, 3.8) is 0 Å². The number of fused-ring (bicyclic) bond motifs is 1. The molecule has 0 aliphatic heterocycles. The van der Waals surface area contributed by atoms with Gasteiger partial charge in [0.2, 0.25) is 9.84 Å². The van der Waals surface area contributed by atoms with Crippen LogP contribution in [-0.2, 0) is 23.1 Å². The van der Waals surface area contributed by atoms with E-state index in [4.69, 9.17) is 5.73 Å². The van der Waals surface area contributed by atoms with Crippen molar-refractivity contribution in [2.45, 2.75) is 35.7 Å². The molecule has 0 amide bonds. The fraction of sp³-hybridized carbons (Fsp3) is 0.300. The molecule has 2 N–H and O–H groups in total. The zero-order chi connectivity index (χ0) is 20.9. The summed E-state index contributed by atoms with van der Waals surface area (Å²) in [4.78, 5) is -0.142. The molecule has 8 heteroatoms. The lowest BCUT2D eigenvalue weighted by molar-refractivity contribution is -0.137. The van der Waals surface area contributed by atoms with Crippen LogP contribution >= 0.6 is 0 Å². The molecular weight excluding hydrogens is 389 g/mol. The molecule has 4 nitrogen and oxygen atoms in total. The maximum absolute atomic E-state index is 13.0. The zero-order valence-electron chi connectivity index (χ0n) is 15.7. The van der Waals surface area contributed by atoms with Gasteiger partial charge in [-0.25, -0.2) is 8.42 Å². The van der Waals surface area contributed by atoms with Crippen molar-refractivity contribution >= 4 is 20.7 Å². The van der Waals surface area contributed by atoms with Gasteiger partial charge in [0.15, 0.2) is 0 Å². The summed E-state index contributed by atoms with van der Waals surface area (Å²) in [5.74, 6) is 0.0349. The minimum atomic E-state index is -4.52. The van der Waals surface area contributed by atoms with Crippen LogP contribution in [0.15, 0.2) is 52.3 Å². The number of hydrogen-bond acceptors (Lipinski definition) is 3. The summed E-state index contributed by atoms with van der Waals surface area (Å²) in [5, 5.41) is 0.783. The van der Waals surface area contributed by atoms with Crippen LogP contribution in [0.25, 0.3) is 10.9 Å². The van der Waals surface area contributed by atoms with E-state index < -0.39 is 21.6 Å². The Balaban J connectivity index is 2.15. The molecule has 0 saturated carbocycles. The monoisotopic (exact) mass is 410 g/mol. The lowest BCUT2D eigenvalue weighted by Gasteiger charge is -2.11. The molecule has 0 fully saturated rings. The van der Waals surface area contributed by atoms with Gasteiger partial charge in [0.25, 0.3) is 0 Å². The van der Waals surface area contributed by atoms with E-state index in [1.165, 1.54) is 6.07 Å². The van der Waals surface area contributed by atoms with Gasteiger partial charge >= 0.3 is 6.18 Å². The summed E-state index contributed by atoms with van der Waals surface area (Å²) in [5.41, 5.74) is 7.78. The summed E-state index contributed by atoms with van der Waals surface area (Å²) in [6.45, 7) is 4.33. The predicted molar refractivity (Wildman–Crippen MR) is 102 cm³/mol. The van der Waals surface area contributed by atoms with E-state index in [-0.39, 0.29) is 15.7 Å². The van der Waals surface area contributed by atoms with Crippen molar-refractivity contribution in [3.05, 3.63) is 59.3 Å². The zero-order valence-corrected chi connectivity index (χ0v) is 16.5. The first-order valence-electron chi connectivity index (χ1n) is 8.69. The maximum Gasteiger partial charge on any atom is 0.416 e. The number of rotatable bonds is 4. The minimum Gasteiger partial charge on any atom is -0.348 e. The number of alkyl halides is 3. The Hall–Kier alpha value is -2.32. The fourth-order valence-corrected chi connectivity index (χ4v) is 4.73. The molecule has 1 aromatic heterocycles. The van der Waals surface area contributed by atoms with E-state index in [9.17, 15) is 21.6 Å². The Bertz CT molecular complexity index is 1130. The first kappa shape index (κ1) is 20.4. The first-order chi connectivity index (χ1) is 13.0. The van der Waals surface area contributed by atoms with Crippen molar-refractivity contribution in [2.75, 3.05) is 6.54 Å². The number of benzene rings is 2. The third-order valence-electron chi connectivity index (χ3n) is 5.16. The highest BCUT2D eigenvalue weighted by Gasteiger charge is 2.31. The van der Waals surface area contributed by atoms with E-state index in [0.29, 0.717) is 6.54 Å². The highest BCUT2D eigenvalue weighted by Crippen LogP contribution is 2.34. The van der Waals surface area contributed by atoms with Crippen LogP contribution in [0.5, 0.6) is 0 Å². The molecule has 1 heterocycles. The molecule has 0 radical (unpaired) electrons. The predicted octanol–water partition coefficient (Wildman–Crippen LogP) is 4.40. The molecular formula is C20H21F3N2O2S. The highest BCUT2D eigenvalue weighted by atomic mass is 32.2. The second kappa shape index (κ2) is 6.93. The van der Waals surface area contributed by atoms with Gasteiger partial charge in [-0.3, -0.25) is 0 Å². The van der Waals surface area contributed by atoms with E-state index in [2.05, 4.69) is 0 Å². The molecule has 2 aromatic carbocycles. The van der Waals surface area contributed by atoms with Gasteiger partial charge in [-0.1, -0.05) is 6.92 Å². The van der Waals surface area contributed by atoms with Crippen molar-refractivity contribution in [2.24, 2.45) is 12.8 Å². The molecule has 0 saturated heterocycles. The van der Waals surface area contributed by atoms with Gasteiger partial charge in [-0.05, 0) is 67.4 Å². The number of aromatic nitrogens is 1. The van der Waals surface area contributed by atoms with Crippen molar-refractivity contribution in [1.29, 1.82) is 0 Å². The highest BCUT2D eigenvalue weighted by molar-refractivity contribution is 7.91. The van der Waals surface area contributed by atoms with Gasteiger partial charge in [-0.2, -0.15) is 13.2 Å². The first-order valence-corrected chi connectivity index (χ1v) is 10.2. The van der Waals surface area contributed by atoms with Crippen LogP contribution in [-0.4, -0.2) is 19.5 Å². The molecule has 3 rings (SSSR count). The smallest absolute Gasteiger partial charge is 0.348 e. The SMILES string of the molecule is Cc1c(C(C)CN)c2cc(S(=O)(=O)c3ccc(C(F)(F)F)cc3)ccc2n1C. The van der Waals surface area contributed by atoms with Crippen molar-refractivity contribution in [1.82, 2.24) is 4.57 Å². The molecule has 0 bridgehead atoms. The van der Waals surface area contributed by atoms with E-state index in [0.717, 1.165) is 46.4 Å². The van der Waals surface area contributed by atoms with E-state index >= 15 is 0 Å². The number of nitrogens with two attached hydrogens (primary N) is 1. The number of aryl methyl sites for hydroxylation is 1. The summed E-state index contributed by atoms with van der Waals surface area (Å²) in [6, 6.07) is 8.30. The third-order valence-corrected chi connectivity index (χ3v) is 6.93. The average Bonchev–Trinajstić information content (AvgIpc) is 2.91. The summed E-state index contributed by atoms with van der Waals surface area (Å²) in [7, 11) is -2.06. The van der Waals surface area contributed by atoms with Crippen LogP contribution in [0.1, 0.15) is 29.7 Å². The van der Waals surface area contributed by atoms with E-state index in [1.54, 1.807) is 12.1 Å². The molecule has 1 unspecified atom stereocenters. The fourth-order valence-electron chi connectivity index (χ4n) is 3.45. The number of nitrogens with zero attached hydrogens (tertiary/aromatic N) is 1. The van der Waals surface area contributed by atoms with Crippen LogP contribution in [0.2, 0.25) is 0 Å². The summed E-state index contributed by atoms with van der Waals surface area (Å²) < 4.78 is 66.1. The quantitative estimate of drug-likeness (QED) is 0.693. The Morgan fingerprint density at radius 2 is 1.64 bits per heavy atom. The largest absolute Gasteiger partial charge is 0.416 e. The Labute approximate surface area is 161 Å². The lowest BCUT2D eigenvalue weighted by Crippen LogP contribution is -2.10. The Morgan fingerprint density at radius 3 is 2.18 bits per heavy atom. The molecule has 0 aliphatic rings. The molecule has 3 aromatic rings. The van der Waals surface area contributed by atoms with Crippen LogP contribution in [0.3, 0.4) is 0 Å². The number of sulfone groups is 1. The maximum atomic E-state index is 13.0. The number of halogens is 3. The Morgan fingerprint density at radius 1 is 1.07 bits per heavy atom. The van der Waals surface area contributed by atoms with Gasteiger partial charge in [-0.15, -0.1) is 0 Å². The van der Waals surface area contributed by atoms with Gasteiger partial charge in [0, 0.05) is 23.6 Å². The number of hydrogen-bond donors (Lipinski definition) is 1. The third kappa shape index (κ3) is 3.31. The molecule has 28 heavy (non-hydrogen) atoms. The molecule has 0 aliphatic carbocycles. The van der Waals surface area contributed by atoms with Gasteiger partial charge in [0.05, 0.1) is 15.4 Å². The standard InChI is InChI=1S/C20H21F3N2O2S/c1-12(11-24)19-13(2)25(3)18-9-8-16(10-17(18)19)28(26,27)15-6-4-14(5-7-15)20(21,22)23/h4-10,12H,11,24H2,1-3H3. The van der Waals surface area contributed by atoms with Gasteiger partial charge in [0.1, 0.15) is 0 Å². The van der Waals surface area contributed by atoms with Crippen LogP contribution in [0, 0.1) is 6.92 Å². The van der Waals surface area contributed by atoms with Crippen LogP contribution < -0.4 is 5.73 Å². The van der Waals surface area contributed by atoms with Crippen LogP contribution in [0.4, 0.5) is 13.2 Å². The molecule has 1 atom stereocenters. The average molecular weight is 410 g/mol. The van der Waals surface area contributed by atoms with E-state index in [1.807, 2.05) is 25.5 Å². The Kier molecular flexibility index (Phi) is 5.05. The summed E-state index contributed by atoms with van der Waals surface area (Å²) in [6.07, 6.45) is -4.52. The topological polar surface area (TPSA) is 65.1 Å². The molecule has 0 spiro atoms. The minimum absolute atomic E-state index is 0.0349.